The van der Waals surface area contributed by atoms with Gasteiger partial charge in [0.05, 0.1) is 18.8 Å². The molecular formula is C18H26N2O4S. The minimum absolute atomic E-state index is 0.0229. The third-order valence-corrected chi connectivity index (χ3v) is 5.86. The van der Waals surface area contributed by atoms with Crippen LogP contribution in [0.15, 0.2) is 16.8 Å². The Balaban J connectivity index is 1.50. The number of nitrogens with one attached hydrogen (secondary N) is 1. The summed E-state index contributed by atoms with van der Waals surface area (Å²) in [6.07, 6.45) is 5.85. The van der Waals surface area contributed by atoms with Crippen LogP contribution in [0.2, 0.25) is 0 Å². The van der Waals surface area contributed by atoms with Crippen molar-refractivity contribution < 1.29 is 19.1 Å². The van der Waals surface area contributed by atoms with Crippen molar-refractivity contribution in [3.8, 4) is 0 Å². The molecule has 1 N–H and O–H groups in total. The molecule has 1 aliphatic heterocycles. The van der Waals surface area contributed by atoms with Crippen LogP contribution in [0.4, 0.5) is 0 Å². The summed E-state index contributed by atoms with van der Waals surface area (Å²) < 4.78 is 10.6. The lowest BCUT2D eigenvalue weighted by Crippen LogP contribution is -2.59. The van der Waals surface area contributed by atoms with Gasteiger partial charge in [-0.1, -0.05) is 19.3 Å². The van der Waals surface area contributed by atoms with Gasteiger partial charge in [0.2, 0.25) is 0 Å². The second-order valence-corrected chi connectivity index (χ2v) is 7.53. The van der Waals surface area contributed by atoms with Gasteiger partial charge in [0.1, 0.15) is 0 Å². The smallest absolute Gasteiger partial charge is 0.339 e. The molecular weight excluding hydrogens is 340 g/mol. The minimum atomic E-state index is -0.447. The molecule has 0 aromatic carbocycles. The van der Waals surface area contributed by atoms with Crippen molar-refractivity contribution in [2.45, 2.75) is 37.6 Å². The molecule has 1 aromatic heterocycles. The highest BCUT2D eigenvalue weighted by atomic mass is 32.1. The molecule has 7 heteroatoms. The van der Waals surface area contributed by atoms with E-state index < -0.39 is 5.97 Å². The van der Waals surface area contributed by atoms with E-state index in [0.717, 1.165) is 39.1 Å². The number of amides is 1. The number of rotatable bonds is 6. The van der Waals surface area contributed by atoms with Crippen molar-refractivity contribution in [2.75, 3.05) is 39.5 Å². The SMILES string of the molecule is O=C(COC(=O)c1ccsc1)NCC1(N2CCOCC2)CCCCC1. The van der Waals surface area contributed by atoms with Crippen LogP contribution in [-0.2, 0) is 14.3 Å². The summed E-state index contributed by atoms with van der Waals surface area (Å²) in [5.41, 5.74) is 0.518. The summed E-state index contributed by atoms with van der Waals surface area (Å²) >= 11 is 1.43. The summed E-state index contributed by atoms with van der Waals surface area (Å²) in [6, 6.07) is 1.69. The van der Waals surface area contributed by atoms with Crippen molar-refractivity contribution >= 4 is 23.2 Å². The van der Waals surface area contributed by atoms with E-state index in [4.69, 9.17) is 9.47 Å². The first-order valence-corrected chi connectivity index (χ1v) is 9.93. The number of carbonyl (C=O) groups is 2. The molecule has 1 amide bonds. The van der Waals surface area contributed by atoms with Gasteiger partial charge >= 0.3 is 5.97 Å². The molecule has 1 aliphatic carbocycles. The summed E-state index contributed by atoms with van der Waals surface area (Å²) in [7, 11) is 0. The van der Waals surface area contributed by atoms with E-state index in [0.29, 0.717) is 12.1 Å². The van der Waals surface area contributed by atoms with Gasteiger partial charge in [-0.3, -0.25) is 9.69 Å². The maximum absolute atomic E-state index is 12.2. The summed E-state index contributed by atoms with van der Waals surface area (Å²) in [6.45, 7) is 3.74. The largest absolute Gasteiger partial charge is 0.452 e. The van der Waals surface area contributed by atoms with Crippen LogP contribution < -0.4 is 5.32 Å². The van der Waals surface area contributed by atoms with Crippen LogP contribution in [0.3, 0.4) is 0 Å². The van der Waals surface area contributed by atoms with Crippen molar-refractivity contribution in [2.24, 2.45) is 0 Å². The van der Waals surface area contributed by atoms with Gasteiger partial charge in [0.25, 0.3) is 5.91 Å². The molecule has 2 aliphatic rings. The lowest BCUT2D eigenvalue weighted by Gasteiger charge is -2.48. The number of ether oxygens (including phenoxy) is 2. The lowest BCUT2D eigenvalue weighted by molar-refractivity contribution is -0.125. The van der Waals surface area contributed by atoms with Gasteiger partial charge < -0.3 is 14.8 Å². The third kappa shape index (κ3) is 4.80. The Morgan fingerprint density at radius 1 is 1.24 bits per heavy atom. The van der Waals surface area contributed by atoms with Crippen LogP contribution in [0.5, 0.6) is 0 Å². The number of morpholine rings is 1. The standard InChI is InChI=1S/C18H26N2O4S/c21-16(12-24-17(22)15-4-11-25-13-15)19-14-18(5-2-1-3-6-18)20-7-9-23-10-8-20/h4,11,13H,1-3,5-10,12,14H2,(H,19,21). The van der Waals surface area contributed by atoms with E-state index in [2.05, 4.69) is 10.2 Å². The summed E-state index contributed by atoms with van der Waals surface area (Å²) in [5, 5.41) is 6.52. The highest BCUT2D eigenvalue weighted by Crippen LogP contribution is 2.33. The maximum Gasteiger partial charge on any atom is 0.339 e. The molecule has 6 nitrogen and oxygen atoms in total. The molecule has 3 rings (SSSR count). The Morgan fingerprint density at radius 2 is 2.00 bits per heavy atom. The van der Waals surface area contributed by atoms with Crippen LogP contribution in [0, 0.1) is 0 Å². The molecule has 1 saturated heterocycles. The van der Waals surface area contributed by atoms with Crippen LogP contribution >= 0.6 is 11.3 Å². The first-order chi connectivity index (χ1) is 12.2. The minimum Gasteiger partial charge on any atom is -0.452 e. The fourth-order valence-corrected chi connectivity index (χ4v) is 4.39. The zero-order chi connectivity index (χ0) is 17.5. The molecule has 0 bridgehead atoms. The predicted octanol–water partition coefficient (Wildman–Crippen LogP) is 2.06. The number of esters is 1. The average Bonchev–Trinajstić information content (AvgIpc) is 3.21. The molecule has 0 radical (unpaired) electrons. The molecule has 2 fully saturated rings. The highest BCUT2D eigenvalue weighted by molar-refractivity contribution is 7.08. The molecule has 138 valence electrons. The van der Waals surface area contributed by atoms with E-state index in [1.54, 1.807) is 11.4 Å². The summed E-state index contributed by atoms with van der Waals surface area (Å²) in [4.78, 5) is 26.4. The van der Waals surface area contributed by atoms with Crippen molar-refractivity contribution in [1.82, 2.24) is 10.2 Å². The number of carbonyl (C=O) groups excluding carboxylic acids is 2. The first-order valence-electron chi connectivity index (χ1n) is 8.98. The zero-order valence-electron chi connectivity index (χ0n) is 14.5. The van der Waals surface area contributed by atoms with E-state index in [1.807, 2.05) is 5.38 Å². The molecule has 0 spiro atoms. The average molecular weight is 366 g/mol. The van der Waals surface area contributed by atoms with Gasteiger partial charge in [0.15, 0.2) is 6.61 Å². The van der Waals surface area contributed by atoms with Gasteiger partial charge in [-0.2, -0.15) is 11.3 Å². The Labute approximate surface area is 152 Å². The predicted molar refractivity (Wildman–Crippen MR) is 95.8 cm³/mol. The Morgan fingerprint density at radius 3 is 2.68 bits per heavy atom. The Bertz CT molecular complexity index is 564. The normalized spacial score (nSPS) is 20.8. The number of thiophene rings is 1. The second-order valence-electron chi connectivity index (χ2n) is 6.75. The topological polar surface area (TPSA) is 67.9 Å². The molecule has 25 heavy (non-hydrogen) atoms. The monoisotopic (exact) mass is 366 g/mol. The number of hydrogen-bond donors (Lipinski definition) is 1. The number of hydrogen-bond acceptors (Lipinski definition) is 6. The van der Waals surface area contributed by atoms with Crippen LogP contribution in [-0.4, -0.2) is 61.8 Å². The fourth-order valence-electron chi connectivity index (χ4n) is 3.76. The second kappa shape index (κ2) is 8.78. The first kappa shape index (κ1) is 18.4. The molecule has 2 heterocycles. The van der Waals surface area contributed by atoms with Crippen LogP contribution in [0.1, 0.15) is 42.5 Å². The van der Waals surface area contributed by atoms with Gasteiger partial charge in [0, 0.05) is 30.6 Å². The van der Waals surface area contributed by atoms with E-state index in [1.165, 1.54) is 30.6 Å². The summed E-state index contributed by atoms with van der Waals surface area (Å²) in [5.74, 6) is -0.682. The maximum atomic E-state index is 12.2. The molecule has 0 atom stereocenters. The van der Waals surface area contributed by atoms with Gasteiger partial charge in [-0.15, -0.1) is 0 Å². The van der Waals surface area contributed by atoms with Gasteiger partial charge in [-0.05, 0) is 24.3 Å². The Kier molecular flexibility index (Phi) is 6.45. The van der Waals surface area contributed by atoms with Crippen LogP contribution in [0.25, 0.3) is 0 Å². The third-order valence-electron chi connectivity index (χ3n) is 5.17. The Hall–Kier alpha value is -1.44. The van der Waals surface area contributed by atoms with Crippen molar-refractivity contribution in [1.29, 1.82) is 0 Å². The fraction of sp³-hybridized carbons (Fsp3) is 0.667. The molecule has 0 unspecified atom stereocenters. The lowest BCUT2D eigenvalue weighted by atomic mass is 9.79. The van der Waals surface area contributed by atoms with E-state index in [-0.39, 0.29) is 18.1 Å². The number of nitrogens with zero attached hydrogens (tertiary/aromatic N) is 1. The quantitative estimate of drug-likeness (QED) is 0.781. The highest BCUT2D eigenvalue weighted by Gasteiger charge is 2.38. The zero-order valence-corrected chi connectivity index (χ0v) is 15.3. The van der Waals surface area contributed by atoms with Gasteiger partial charge in [-0.25, -0.2) is 4.79 Å². The van der Waals surface area contributed by atoms with E-state index >= 15 is 0 Å². The molecule has 1 saturated carbocycles. The molecule has 1 aromatic rings. The van der Waals surface area contributed by atoms with Crippen molar-refractivity contribution in [3.05, 3.63) is 22.4 Å². The van der Waals surface area contributed by atoms with E-state index in [9.17, 15) is 9.59 Å². The van der Waals surface area contributed by atoms with Crippen molar-refractivity contribution in [3.63, 3.8) is 0 Å².